The van der Waals surface area contributed by atoms with Crippen molar-refractivity contribution < 1.29 is 17.9 Å². The molecule has 0 aliphatic rings. The van der Waals surface area contributed by atoms with E-state index in [1.54, 1.807) is 61.6 Å². The molecular formula is C18H20N2O4S3. The van der Waals surface area contributed by atoms with Gasteiger partial charge in [-0.05, 0) is 36.8 Å². The Morgan fingerprint density at radius 3 is 2.67 bits per heavy atom. The molecule has 0 radical (unpaired) electrons. The number of nitrogens with zero attached hydrogens (tertiary/aromatic N) is 1. The second kappa shape index (κ2) is 8.81. The summed E-state index contributed by atoms with van der Waals surface area (Å²) in [6.07, 6.45) is 0.531. The van der Waals surface area contributed by atoms with Crippen LogP contribution in [-0.2, 0) is 10.0 Å². The lowest BCUT2D eigenvalue weighted by atomic mass is 10.3. The fourth-order valence-electron chi connectivity index (χ4n) is 2.40. The fraction of sp³-hybridized carbons (Fsp3) is 0.278. The number of anilines is 1. The van der Waals surface area contributed by atoms with Crippen LogP contribution in [0.1, 0.15) is 6.42 Å². The summed E-state index contributed by atoms with van der Waals surface area (Å²) >= 11 is 3.15. The van der Waals surface area contributed by atoms with Crippen LogP contribution in [0.4, 0.5) is 5.69 Å². The minimum atomic E-state index is -3.40. The average molecular weight is 425 g/mol. The van der Waals surface area contributed by atoms with E-state index in [0.29, 0.717) is 23.6 Å². The van der Waals surface area contributed by atoms with E-state index in [1.165, 1.54) is 0 Å². The Kier molecular flexibility index (Phi) is 6.46. The lowest BCUT2D eigenvalue weighted by molar-refractivity contribution is 0.415. The van der Waals surface area contributed by atoms with Crippen molar-refractivity contribution in [2.75, 3.05) is 30.4 Å². The predicted octanol–water partition coefficient (Wildman–Crippen LogP) is 4.24. The number of thiazole rings is 1. The molecule has 6 nitrogen and oxygen atoms in total. The molecule has 0 unspecified atom stereocenters. The highest BCUT2D eigenvalue weighted by Crippen LogP contribution is 2.32. The maximum Gasteiger partial charge on any atom is 0.232 e. The van der Waals surface area contributed by atoms with Crippen molar-refractivity contribution in [3.8, 4) is 11.5 Å². The first kappa shape index (κ1) is 19.8. The molecule has 1 N–H and O–H groups in total. The number of nitrogens with one attached hydrogen (secondary N) is 1. The molecule has 3 aromatic rings. The van der Waals surface area contributed by atoms with E-state index < -0.39 is 10.0 Å². The minimum Gasteiger partial charge on any atom is -0.497 e. The van der Waals surface area contributed by atoms with E-state index in [1.807, 2.05) is 18.2 Å². The van der Waals surface area contributed by atoms with Crippen molar-refractivity contribution in [3.05, 3.63) is 42.5 Å². The van der Waals surface area contributed by atoms with Crippen molar-refractivity contribution in [3.63, 3.8) is 0 Å². The number of thioether (sulfide) groups is 1. The van der Waals surface area contributed by atoms with Crippen LogP contribution in [0.3, 0.4) is 0 Å². The number of rotatable bonds is 9. The van der Waals surface area contributed by atoms with E-state index in [4.69, 9.17) is 9.47 Å². The number of sulfonamides is 1. The van der Waals surface area contributed by atoms with E-state index in [-0.39, 0.29) is 5.75 Å². The van der Waals surface area contributed by atoms with Gasteiger partial charge in [0, 0.05) is 11.8 Å². The summed E-state index contributed by atoms with van der Waals surface area (Å²) in [5.41, 5.74) is 1.43. The number of hydrogen-bond donors (Lipinski definition) is 1. The smallest absolute Gasteiger partial charge is 0.232 e. The number of benzene rings is 2. The van der Waals surface area contributed by atoms with Crippen LogP contribution < -0.4 is 14.2 Å². The molecule has 0 saturated carbocycles. The maximum atomic E-state index is 12.2. The molecule has 144 valence electrons. The Bertz CT molecular complexity index is 1020. The number of aromatic nitrogens is 1. The largest absolute Gasteiger partial charge is 0.497 e. The van der Waals surface area contributed by atoms with Crippen molar-refractivity contribution >= 4 is 49.0 Å². The molecule has 0 aliphatic carbocycles. The van der Waals surface area contributed by atoms with E-state index in [0.717, 1.165) is 20.3 Å². The summed E-state index contributed by atoms with van der Waals surface area (Å²) in [6, 6.07) is 12.6. The molecule has 0 aliphatic heterocycles. The Morgan fingerprint density at radius 1 is 1.11 bits per heavy atom. The van der Waals surface area contributed by atoms with E-state index in [9.17, 15) is 8.42 Å². The fourth-order valence-corrected chi connectivity index (χ4v) is 5.80. The van der Waals surface area contributed by atoms with Gasteiger partial charge in [-0.25, -0.2) is 13.4 Å². The zero-order valence-corrected chi connectivity index (χ0v) is 17.4. The molecule has 9 heteroatoms. The first-order valence-electron chi connectivity index (χ1n) is 8.21. The Labute approximate surface area is 167 Å². The quantitative estimate of drug-likeness (QED) is 0.409. The molecule has 0 fully saturated rings. The standard InChI is InChI=1S/C18H20N2O4S3/c1-23-14-6-3-5-13(11-14)20-27(21,22)10-4-9-25-18-19-16-8-7-15(24-2)12-17(16)26-18/h3,5-8,11-12,20H,4,9-10H2,1-2H3. The Balaban J connectivity index is 1.51. The van der Waals surface area contributed by atoms with Crippen LogP contribution >= 0.6 is 23.1 Å². The maximum absolute atomic E-state index is 12.2. The minimum absolute atomic E-state index is 0.0515. The van der Waals surface area contributed by atoms with Gasteiger partial charge in [0.05, 0.1) is 35.9 Å². The van der Waals surface area contributed by atoms with Gasteiger partial charge in [-0.2, -0.15) is 0 Å². The summed E-state index contributed by atoms with van der Waals surface area (Å²) in [7, 11) is -0.219. The zero-order valence-electron chi connectivity index (χ0n) is 15.0. The molecule has 0 atom stereocenters. The highest BCUT2D eigenvalue weighted by molar-refractivity contribution is 8.01. The molecule has 0 bridgehead atoms. The van der Waals surface area contributed by atoms with E-state index in [2.05, 4.69) is 9.71 Å². The highest BCUT2D eigenvalue weighted by atomic mass is 32.2. The third kappa shape index (κ3) is 5.50. The van der Waals surface area contributed by atoms with Gasteiger partial charge in [0.15, 0.2) is 4.34 Å². The predicted molar refractivity (Wildman–Crippen MR) is 112 cm³/mol. The van der Waals surface area contributed by atoms with Gasteiger partial charge < -0.3 is 9.47 Å². The van der Waals surface area contributed by atoms with Crippen LogP contribution in [0.15, 0.2) is 46.8 Å². The third-order valence-corrected chi connectivity index (χ3v) is 7.32. The van der Waals surface area contributed by atoms with Crippen molar-refractivity contribution in [2.45, 2.75) is 10.8 Å². The second-order valence-corrected chi connectivity index (χ2v) is 9.88. The first-order valence-corrected chi connectivity index (χ1v) is 11.7. The monoisotopic (exact) mass is 424 g/mol. The summed E-state index contributed by atoms with van der Waals surface area (Å²) in [6.45, 7) is 0. The number of fused-ring (bicyclic) bond motifs is 1. The summed E-state index contributed by atoms with van der Waals surface area (Å²) in [4.78, 5) is 4.56. The van der Waals surface area contributed by atoms with Crippen molar-refractivity contribution in [1.29, 1.82) is 0 Å². The summed E-state index contributed by atoms with van der Waals surface area (Å²) in [5, 5.41) is 0. The van der Waals surface area contributed by atoms with Crippen LogP contribution in [0.2, 0.25) is 0 Å². The van der Waals surface area contributed by atoms with Gasteiger partial charge in [-0.15, -0.1) is 11.3 Å². The van der Waals surface area contributed by atoms with Crippen molar-refractivity contribution in [2.24, 2.45) is 0 Å². The summed E-state index contributed by atoms with van der Waals surface area (Å²) in [5.74, 6) is 2.14. The Morgan fingerprint density at radius 2 is 1.89 bits per heavy atom. The van der Waals surface area contributed by atoms with Gasteiger partial charge in [0.25, 0.3) is 0 Å². The molecule has 27 heavy (non-hydrogen) atoms. The van der Waals surface area contributed by atoms with Crippen molar-refractivity contribution in [1.82, 2.24) is 4.98 Å². The number of ether oxygens (including phenoxy) is 2. The van der Waals surface area contributed by atoms with E-state index >= 15 is 0 Å². The van der Waals surface area contributed by atoms with Gasteiger partial charge in [-0.3, -0.25) is 4.72 Å². The second-order valence-electron chi connectivity index (χ2n) is 5.67. The topological polar surface area (TPSA) is 77.5 Å². The molecule has 0 amide bonds. The highest BCUT2D eigenvalue weighted by Gasteiger charge is 2.12. The van der Waals surface area contributed by atoms with Gasteiger partial charge in [0.1, 0.15) is 11.5 Å². The lowest BCUT2D eigenvalue weighted by Crippen LogP contribution is -2.17. The number of hydrogen-bond acceptors (Lipinski definition) is 7. The van der Waals surface area contributed by atoms with Crippen LogP contribution in [0.25, 0.3) is 10.2 Å². The molecule has 0 spiro atoms. The molecule has 2 aromatic carbocycles. The normalized spacial score (nSPS) is 11.5. The first-order chi connectivity index (χ1) is 13.0. The molecule has 0 saturated heterocycles. The Hall–Kier alpha value is -1.97. The third-order valence-electron chi connectivity index (χ3n) is 3.70. The molecular weight excluding hydrogens is 404 g/mol. The zero-order chi connectivity index (χ0) is 19.3. The SMILES string of the molecule is COc1cccc(NS(=O)(=O)CCCSc2nc3ccc(OC)cc3s2)c1. The number of methoxy groups -OCH3 is 2. The van der Waals surface area contributed by atoms with Crippen LogP contribution in [0, 0.1) is 0 Å². The molecule has 1 heterocycles. The lowest BCUT2D eigenvalue weighted by Gasteiger charge is -2.08. The molecule has 1 aromatic heterocycles. The van der Waals surface area contributed by atoms with Crippen LogP contribution in [-0.4, -0.2) is 39.1 Å². The summed E-state index contributed by atoms with van der Waals surface area (Å²) < 4.78 is 39.4. The van der Waals surface area contributed by atoms with Gasteiger partial charge in [-0.1, -0.05) is 17.8 Å². The van der Waals surface area contributed by atoms with Gasteiger partial charge >= 0.3 is 0 Å². The average Bonchev–Trinajstić information content (AvgIpc) is 3.07. The van der Waals surface area contributed by atoms with Crippen LogP contribution in [0.5, 0.6) is 11.5 Å². The molecule has 3 rings (SSSR count). The van der Waals surface area contributed by atoms with Gasteiger partial charge in [0.2, 0.25) is 10.0 Å².